The average Bonchev–Trinajstić information content (AvgIpc) is 2.82. The van der Waals surface area contributed by atoms with Crippen molar-refractivity contribution >= 4 is 22.9 Å². The molecule has 1 nitrogen and oxygen atoms in total. The van der Waals surface area contributed by atoms with Crippen molar-refractivity contribution in [1.82, 2.24) is 5.32 Å². The van der Waals surface area contributed by atoms with E-state index >= 15 is 0 Å². The minimum Gasteiger partial charge on any atom is -0.313 e. The molecular weight excluding hydrogens is 257 g/mol. The zero-order valence-corrected chi connectivity index (χ0v) is 11.0. The average molecular weight is 270 g/mol. The molecule has 0 saturated heterocycles. The lowest BCUT2D eigenvalue weighted by atomic mass is 10.0. The van der Waals surface area contributed by atoms with Crippen LogP contribution < -0.4 is 5.32 Å². The Morgan fingerprint density at radius 2 is 2.24 bits per heavy atom. The molecule has 90 valence electrons. The van der Waals surface area contributed by atoms with E-state index in [0.717, 1.165) is 12.0 Å². The second-order valence-electron chi connectivity index (χ2n) is 3.80. The Morgan fingerprint density at radius 1 is 1.41 bits per heavy atom. The summed E-state index contributed by atoms with van der Waals surface area (Å²) in [5, 5.41) is 5.41. The molecule has 0 radical (unpaired) electrons. The lowest BCUT2D eigenvalue weighted by Crippen LogP contribution is -2.18. The van der Waals surface area contributed by atoms with E-state index < -0.39 is 0 Å². The van der Waals surface area contributed by atoms with Crippen LogP contribution in [0.25, 0.3) is 0 Å². The van der Waals surface area contributed by atoms with Crippen molar-refractivity contribution in [3.05, 3.63) is 57.0 Å². The predicted molar refractivity (Wildman–Crippen MR) is 71.2 cm³/mol. The maximum atomic E-state index is 13.4. The molecule has 2 rings (SSSR count). The van der Waals surface area contributed by atoms with E-state index in [4.69, 9.17) is 11.6 Å². The molecule has 1 aromatic heterocycles. The van der Waals surface area contributed by atoms with Crippen molar-refractivity contribution in [2.75, 3.05) is 7.05 Å². The highest BCUT2D eigenvalue weighted by molar-refractivity contribution is 7.09. The molecule has 0 bridgehead atoms. The minimum atomic E-state index is -0.365. The van der Waals surface area contributed by atoms with E-state index in [1.54, 1.807) is 17.4 Å². The van der Waals surface area contributed by atoms with Crippen molar-refractivity contribution in [3.63, 3.8) is 0 Å². The topological polar surface area (TPSA) is 12.0 Å². The summed E-state index contributed by atoms with van der Waals surface area (Å²) in [5.41, 5.74) is 0.919. The Hall–Kier alpha value is -0.900. The van der Waals surface area contributed by atoms with Gasteiger partial charge in [-0.2, -0.15) is 0 Å². The van der Waals surface area contributed by atoms with Gasteiger partial charge in [0.25, 0.3) is 0 Å². The molecule has 1 aromatic carbocycles. The lowest BCUT2D eigenvalue weighted by molar-refractivity contribution is 0.581. The molecule has 0 amide bonds. The third-order valence-corrected chi connectivity index (χ3v) is 3.89. The van der Waals surface area contributed by atoms with E-state index in [-0.39, 0.29) is 16.9 Å². The highest BCUT2D eigenvalue weighted by Crippen LogP contribution is 2.24. The number of halogens is 2. The van der Waals surface area contributed by atoms with Crippen molar-refractivity contribution in [2.24, 2.45) is 0 Å². The lowest BCUT2D eigenvalue weighted by Gasteiger charge is -2.16. The maximum Gasteiger partial charge on any atom is 0.142 e. The molecule has 0 aliphatic carbocycles. The van der Waals surface area contributed by atoms with E-state index in [1.165, 1.54) is 10.9 Å². The quantitative estimate of drug-likeness (QED) is 0.883. The molecule has 4 heteroatoms. The van der Waals surface area contributed by atoms with Gasteiger partial charge in [0, 0.05) is 17.3 Å². The molecule has 1 heterocycles. The van der Waals surface area contributed by atoms with Gasteiger partial charge in [-0.3, -0.25) is 0 Å². The number of benzene rings is 1. The van der Waals surface area contributed by atoms with Crippen LogP contribution in [0.2, 0.25) is 5.02 Å². The van der Waals surface area contributed by atoms with Gasteiger partial charge in [-0.1, -0.05) is 23.7 Å². The number of thiophene rings is 1. The van der Waals surface area contributed by atoms with Gasteiger partial charge in [-0.25, -0.2) is 4.39 Å². The molecular formula is C13H13ClFNS. The highest BCUT2D eigenvalue weighted by Gasteiger charge is 2.12. The first-order valence-electron chi connectivity index (χ1n) is 5.35. The summed E-state index contributed by atoms with van der Waals surface area (Å²) < 4.78 is 13.4. The van der Waals surface area contributed by atoms with Crippen LogP contribution >= 0.6 is 22.9 Å². The zero-order valence-electron chi connectivity index (χ0n) is 9.41. The van der Waals surface area contributed by atoms with E-state index in [0.29, 0.717) is 0 Å². The molecule has 0 aliphatic rings. The summed E-state index contributed by atoms with van der Waals surface area (Å²) in [6.45, 7) is 0. The first kappa shape index (κ1) is 12.6. The van der Waals surface area contributed by atoms with Gasteiger partial charge < -0.3 is 5.32 Å². The van der Waals surface area contributed by atoms with Crippen molar-refractivity contribution in [2.45, 2.75) is 12.5 Å². The number of nitrogens with one attached hydrogen (secondary N) is 1. The minimum absolute atomic E-state index is 0.111. The molecule has 0 fully saturated rings. The van der Waals surface area contributed by atoms with Crippen LogP contribution in [-0.2, 0) is 6.42 Å². The number of hydrogen-bond acceptors (Lipinski definition) is 2. The van der Waals surface area contributed by atoms with Crippen LogP contribution in [0.15, 0.2) is 35.7 Å². The van der Waals surface area contributed by atoms with E-state index in [1.807, 2.05) is 24.6 Å². The van der Waals surface area contributed by atoms with Crippen LogP contribution in [-0.4, -0.2) is 7.05 Å². The van der Waals surface area contributed by atoms with E-state index in [2.05, 4.69) is 11.4 Å². The number of hydrogen-bond donors (Lipinski definition) is 1. The largest absolute Gasteiger partial charge is 0.313 e. The van der Waals surface area contributed by atoms with Gasteiger partial charge in [0.1, 0.15) is 5.82 Å². The Labute approximate surface area is 109 Å². The molecule has 1 unspecified atom stereocenters. The molecule has 1 N–H and O–H groups in total. The summed E-state index contributed by atoms with van der Waals surface area (Å²) in [7, 11) is 1.88. The normalized spacial score (nSPS) is 12.6. The Bertz CT molecular complexity index is 484. The molecule has 0 aliphatic heterocycles. The van der Waals surface area contributed by atoms with Crippen LogP contribution in [0.5, 0.6) is 0 Å². The molecule has 1 atom stereocenters. The van der Waals surface area contributed by atoms with Crippen LogP contribution in [0.4, 0.5) is 4.39 Å². The standard InChI is InChI=1S/C13H13ClFNS/c1-16-13(8-10-3-2-6-17-10)9-4-5-11(14)12(15)7-9/h2-7,13,16H,8H2,1H3. The van der Waals surface area contributed by atoms with Gasteiger partial charge >= 0.3 is 0 Å². The molecule has 0 spiro atoms. The van der Waals surface area contributed by atoms with Gasteiger partial charge in [0.2, 0.25) is 0 Å². The van der Waals surface area contributed by atoms with Crippen LogP contribution in [0.1, 0.15) is 16.5 Å². The third kappa shape index (κ3) is 3.06. The zero-order chi connectivity index (χ0) is 12.3. The van der Waals surface area contributed by atoms with Gasteiger partial charge in [0.15, 0.2) is 0 Å². The fourth-order valence-corrected chi connectivity index (χ4v) is 2.62. The Balaban J connectivity index is 2.20. The fraction of sp³-hybridized carbons (Fsp3) is 0.231. The third-order valence-electron chi connectivity index (χ3n) is 2.68. The predicted octanol–water partition coefficient (Wildman–Crippen LogP) is 4.04. The van der Waals surface area contributed by atoms with Gasteiger partial charge in [0.05, 0.1) is 5.02 Å². The Kier molecular flexibility index (Phi) is 4.15. The summed E-state index contributed by atoms with van der Waals surface area (Å²) in [6, 6.07) is 9.18. The second kappa shape index (κ2) is 5.63. The van der Waals surface area contributed by atoms with Crippen LogP contribution in [0, 0.1) is 5.82 Å². The molecule has 2 aromatic rings. The summed E-state index contributed by atoms with van der Waals surface area (Å²) in [4.78, 5) is 1.28. The van der Waals surface area contributed by atoms with E-state index in [9.17, 15) is 4.39 Å². The second-order valence-corrected chi connectivity index (χ2v) is 5.24. The van der Waals surface area contributed by atoms with Crippen molar-refractivity contribution < 1.29 is 4.39 Å². The maximum absolute atomic E-state index is 13.4. The Morgan fingerprint density at radius 3 is 2.82 bits per heavy atom. The summed E-state index contributed by atoms with van der Waals surface area (Å²) in [6.07, 6.45) is 0.856. The van der Waals surface area contributed by atoms with Gasteiger partial charge in [-0.15, -0.1) is 11.3 Å². The summed E-state index contributed by atoms with van der Waals surface area (Å²) in [5.74, 6) is -0.365. The first-order valence-corrected chi connectivity index (χ1v) is 6.61. The molecule has 17 heavy (non-hydrogen) atoms. The van der Waals surface area contributed by atoms with Gasteiger partial charge in [-0.05, 0) is 36.2 Å². The molecule has 0 saturated carbocycles. The van der Waals surface area contributed by atoms with Crippen molar-refractivity contribution in [3.8, 4) is 0 Å². The first-order chi connectivity index (χ1) is 8.20. The fourth-order valence-electron chi connectivity index (χ4n) is 1.75. The smallest absolute Gasteiger partial charge is 0.142 e. The number of likely N-dealkylation sites (N-methyl/N-ethyl adjacent to an activating group) is 1. The highest BCUT2D eigenvalue weighted by atomic mass is 35.5. The van der Waals surface area contributed by atoms with Crippen molar-refractivity contribution in [1.29, 1.82) is 0 Å². The summed E-state index contributed by atoms with van der Waals surface area (Å²) >= 11 is 7.39. The van der Waals surface area contributed by atoms with Crippen LogP contribution in [0.3, 0.4) is 0 Å². The number of rotatable bonds is 4. The monoisotopic (exact) mass is 269 g/mol. The SMILES string of the molecule is CNC(Cc1cccs1)c1ccc(Cl)c(F)c1.